The zero-order chi connectivity index (χ0) is 11.4. The summed E-state index contributed by atoms with van der Waals surface area (Å²) in [6.45, 7) is 5.59. The van der Waals surface area contributed by atoms with Crippen molar-refractivity contribution in [1.29, 1.82) is 0 Å². The van der Waals surface area contributed by atoms with Crippen molar-refractivity contribution in [2.75, 3.05) is 18.1 Å². The molecule has 0 bridgehead atoms. The Bertz CT molecular complexity index is 237. The summed E-state index contributed by atoms with van der Waals surface area (Å²) in [6.07, 6.45) is 3.97. The fraction of sp³-hybridized carbons (Fsp3) is 0.917. The molecule has 2 nitrogen and oxygen atoms in total. The Hall–Kier alpha value is 0.170. The molecule has 2 saturated heterocycles. The van der Waals surface area contributed by atoms with E-state index < -0.39 is 0 Å². The molecule has 0 radical (unpaired) electrons. The highest BCUT2D eigenvalue weighted by Gasteiger charge is 2.20. The van der Waals surface area contributed by atoms with Gasteiger partial charge in [-0.25, -0.2) is 0 Å². The lowest BCUT2D eigenvalue weighted by Gasteiger charge is -2.27. The third kappa shape index (κ3) is 3.88. The second-order valence-corrected chi connectivity index (χ2v) is 7.56. The summed E-state index contributed by atoms with van der Waals surface area (Å²) in [4.78, 5) is 4.77. The van der Waals surface area contributed by atoms with Crippen LogP contribution in [0.15, 0.2) is 4.99 Å². The summed E-state index contributed by atoms with van der Waals surface area (Å²) < 4.78 is 0. The number of rotatable bonds is 2. The van der Waals surface area contributed by atoms with Crippen LogP contribution in [0.3, 0.4) is 0 Å². The molecule has 0 amide bonds. The van der Waals surface area contributed by atoms with Crippen molar-refractivity contribution >= 4 is 28.7 Å². The molecule has 1 N–H and O–H groups in total. The topological polar surface area (TPSA) is 24.4 Å². The van der Waals surface area contributed by atoms with E-state index in [-0.39, 0.29) is 0 Å². The van der Waals surface area contributed by atoms with E-state index in [1.807, 2.05) is 11.8 Å². The Morgan fingerprint density at radius 3 is 2.75 bits per heavy atom. The number of hydrogen-bond donors (Lipinski definition) is 1. The standard InChI is InChI=1S/C12H22N2S2/c1-9-7-10(2)16-12(14-9)13-8-11-3-5-15-6-4-11/h9-11H,3-8H2,1-2H3,(H,13,14). The first-order chi connectivity index (χ1) is 7.74. The first-order valence-electron chi connectivity index (χ1n) is 6.29. The Morgan fingerprint density at radius 2 is 2.06 bits per heavy atom. The zero-order valence-electron chi connectivity index (χ0n) is 10.2. The highest BCUT2D eigenvalue weighted by Crippen LogP contribution is 2.25. The number of hydrogen-bond acceptors (Lipinski definition) is 3. The van der Waals surface area contributed by atoms with Gasteiger partial charge in [0.2, 0.25) is 0 Å². The molecule has 2 unspecified atom stereocenters. The molecule has 0 saturated carbocycles. The minimum atomic E-state index is 0.594. The van der Waals surface area contributed by atoms with Gasteiger partial charge in [0, 0.05) is 17.8 Å². The molecule has 2 aliphatic rings. The van der Waals surface area contributed by atoms with Gasteiger partial charge in [-0.05, 0) is 43.6 Å². The summed E-state index contributed by atoms with van der Waals surface area (Å²) in [6, 6.07) is 0.594. The third-order valence-electron chi connectivity index (χ3n) is 3.20. The average Bonchev–Trinajstić information content (AvgIpc) is 2.27. The number of nitrogens with one attached hydrogen (secondary N) is 1. The molecular formula is C12H22N2S2. The van der Waals surface area contributed by atoms with E-state index in [4.69, 9.17) is 4.99 Å². The van der Waals surface area contributed by atoms with Crippen LogP contribution in [0, 0.1) is 5.92 Å². The maximum absolute atomic E-state index is 4.77. The van der Waals surface area contributed by atoms with Gasteiger partial charge >= 0.3 is 0 Å². The van der Waals surface area contributed by atoms with Crippen molar-refractivity contribution in [3.05, 3.63) is 0 Å². The van der Waals surface area contributed by atoms with Gasteiger partial charge in [0.05, 0.1) is 0 Å². The van der Waals surface area contributed by atoms with Crippen LogP contribution in [-0.2, 0) is 0 Å². The Balaban J connectivity index is 1.81. The molecule has 0 spiro atoms. The highest BCUT2D eigenvalue weighted by molar-refractivity contribution is 8.14. The molecule has 4 heteroatoms. The fourth-order valence-corrected chi connectivity index (χ4v) is 4.65. The summed E-state index contributed by atoms with van der Waals surface area (Å²) in [5.74, 6) is 3.51. The van der Waals surface area contributed by atoms with Crippen LogP contribution in [0.2, 0.25) is 0 Å². The van der Waals surface area contributed by atoms with Crippen LogP contribution >= 0.6 is 23.5 Å². The van der Waals surface area contributed by atoms with Crippen molar-refractivity contribution in [3.8, 4) is 0 Å². The van der Waals surface area contributed by atoms with Crippen LogP contribution in [-0.4, -0.2) is 34.5 Å². The Labute approximate surface area is 107 Å². The first-order valence-corrected chi connectivity index (χ1v) is 8.33. The van der Waals surface area contributed by atoms with E-state index in [9.17, 15) is 0 Å². The van der Waals surface area contributed by atoms with Crippen molar-refractivity contribution in [2.45, 2.75) is 44.4 Å². The van der Waals surface area contributed by atoms with Crippen LogP contribution in [0.5, 0.6) is 0 Å². The van der Waals surface area contributed by atoms with Crippen LogP contribution in [0.1, 0.15) is 33.1 Å². The SMILES string of the molecule is CC1CC(C)SC(=NCC2CCSCC2)N1. The second-order valence-electron chi connectivity index (χ2n) is 4.91. The van der Waals surface area contributed by atoms with Crippen LogP contribution in [0.4, 0.5) is 0 Å². The van der Waals surface area contributed by atoms with Crippen molar-refractivity contribution in [2.24, 2.45) is 10.9 Å². The molecule has 16 heavy (non-hydrogen) atoms. The minimum Gasteiger partial charge on any atom is -0.362 e. The molecule has 2 aliphatic heterocycles. The van der Waals surface area contributed by atoms with E-state index in [2.05, 4.69) is 30.9 Å². The lowest BCUT2D eigenvalue weighted by Crippen LogP contribution is -2.38. The normalized spacial score (nSPS) is 35.0. The molecular weight excluding hydrogens is 236 g/mol. The third-order valence-corrected chi connectivity index (χ3v) is 5.32. The minimum absolute atomic E-state index is 0.594. The Kier molecular flexibility index (Phi) is 4.89. The van der Waals surface area contributed by atoms with E-state index in [0.717, 1.165) is 17.7 Å². The summed E-state index contributed by atoms with van der Waals surface area (Å²) in [5, 5.41) is 5.40. The first kappa shape index (κ1) is 12.6. The number of amidine groups is 1. The molecule has 2 atom stereocenters. The molecule has 0 aromatic carbocycles. The second kappa shape index (κ2) is 6.20. The van der Waals surface area contributed by atoms with E-state index in [0.29, 0.717) is 6.04 Å². The monoisotopic (exact) mass is 258 g/mol. The van der Waals surface area contributed by atoms with Gasteiger partial charge in [-0.3, -0.25) is 4.99 Å². The smallest absolute Gasteiger partial charge is 0.157 e. The number of thioether (sulfide) groups is 2. The lowest BCUT2D eigenvalue weighted by atomic mass is 10.0. The average molecular weight is 258 g/mol. The van der Waals surface area contributed by atoms with Crippen molar-refractivity contribution < 1.29 is 0 Å². The van der Waals surface area contributed by atoms with Gasteiger partial charge < -0.3 is 5.32 Å². The van der Waals surface area contributed by atoms with Gasteiger partial charge in [-0.15, -0.1) is 0 Å². The Morgan fingerprint density at radius 1 is 1.31 bits per heavy atom. The molecule has 92 valence electrons. The predicted molar refractivity (Wildman–Crippen MR) is 76.6 cm³/mol. The van der Waals surface area contributed by atoms with Crippen molar-refractivity contribution in [1.82, 2.24) is 5.32 Å². The number of nitrogens with zero attached hydrogens (tertiary/aromatic N) is 1. The summed E-state index contributed by atoms with van der Waals surface area (Å²) >= 11 is 4.00. The zero-order valence-corrected chi connectivity index (χ0v) is 11.9. The van der Waals surface area contributed by atoms with Gasteiger partial charge in [-0.1, -0.05) is 18.7 Å². The maximum Gasteiger partial charge on any atom is 0.157 e. The largest absolute Gasteiger partial charge is 0.362 e. The quantitative estimate of drug-likeness (QED) is 0.824. The molecule has 0 aromatic heterocycles. The van der Waals surface area contributed by atoms with E-state index in [1.165, 1.54) is 35.9 Å². The van der Waals surface area contributed by atoms with Crippen molar-refractivity contribution in [3.63, 3.8) is 0 Å². The van der Waals surface area contributed by atoms with E-state index >= 15 is 0 Å². The molecule has 0 aromatic rings. The summed E-state index contributed by atoms with van der Waals surface area (Å²) in [7, 11) is 0. The maximum atomic E-state index is 4.77. The molecule has 0 aliphatic carbocycles. The van der Waals surface area contributed by atoms with Gasteiger partial charge in [0.25, 0.3) is 0 Å². The van der Waals surface area contributed by atoms with Crippen LogP contribution in [0.25, 0.3) is 0 Å². The molecule has 2 fully saturated rings. The fourth-order valence-electron chi connectivity index (χ4n) is 2.26. The van der Waals surface area contributed by atoms with E-state index in [1.54, 1.807) is 0 Å². The van der Waals surface area contributed by atoms with Gasteiger partial charge in [0.1, 0.15) is 0 Å². The molecule has 2 heterocycles. The molecule has 2 rings (SSSR count). The summed E-state index contributed by atoms with van der Waals surface area (Å²) in [5.41, 5.74) is 0. The van der Waals surface area contributed by atoms with Crippen LogP contribution < -0.4 is 5.32 Å². The number of aliphatic imine (C=N–C) groups is 1. The van der Waals surface area contributed by atoms with Gasteiger partial charge in [-0.2, -0.15) is 11.8 Å². The van der Waals surface area contributed by atoms with Gasteiger partial charge in [0.15, 0.2) is 5.17 Å². The predicted octanol–water partition coefficient (Wildman–Crippen LogP) is 2.99. The highest BCUT2D eigenvalue weighted by atomic mass is 32.2. The lowest BCUT2D eigenvalue weighted by molar-refractivity contribution is 0.501.